The lowest BCUT2D eigenvalue weighted by atomic mass is 10.1. The molecule has 0 bridgehead atoms. The van der Waals surface area contributed by atoms with E-state index in [0.717, 1.165) is 12.1 Å². The Morgan fingerprint density at radius 1 is 1.35 bits per heavy atom. The fourth-order valence-corrected chi connectivity index (χ4v) is 2.15. The molecule has 96 valence electrons. The topological polar surface area (TPSA) is 54.4 Å². The molecule has 1 aromatic rings. The Morgan fingerprint density at radius 3 is 2.41 bits per heavy atom. The molecule has 0 amide bonds. The van der Waals surface area contributed by atoms with E-state index >= 15 is 0 Å². The molecule has 0 aliphatic carbocycles. The van der Waals surface area contributed by atoms with Gasteiger partial charge in [0.25, 0.3) is 9.84 Å². The maximum Gasteiger partial charge on any atom is 0.501 e. The normalized spacial score (nSPS) is 14.6. The van der Waals surface area contributed by atoms with Gasteiger partial charge in [-0.05, 0) is 31.0 Å². The summed E-state index contributed by atoms with van der Waals surface area (Å²) in [7, 11) is -5.32. The van der Waals surface area contributed by atoms with Crippen molar-refractivity contribution < 1.29 is 26.7 Å². The lowest BCUT2D eigenvalue weighted by molar-refractivity contribution is -0.0436. The first-order valence-corrected chi connectivity index (χ1v) is 6.21. The second kappa shape index (κ2) is 4.66. The number of benzene rings is 1. The molecule has 1 rings (SSSR count). The van der Waals surface area contributed by atoms with E-state index in [9.17, 15) is 21.6 Å². The zero-order valence-electron chi connectivity index (χ0n) is 8.90. The first-order valence-electron chi connectivity index (χ1n) is 4.73. The minimum atomic E-state index is -5.32. The van der Waals surface area contributed by atoms with Crippen LogP contribution < -0.4 is 0 Å². The Balaban J connectivity index is 3.17. The van der Waals surface area contributed by atoms with Crippen LogP contribution in [0.2, 0.25) is 0 Å². The Labute approximate surface area is 96.8 Å². The molecule has 1 atom stereocenters. The van der Waals surface area contributed by atoms with Crippen LogP contribution in [0, 0.1) is 0 Å². The first kappa shape index (κ1) is 14.0. The summed E-state index contributed by atoms with van der Waals surface area (Å²) in [4.78, 5) is -0.803. The number of hydrogen-bond donors (Lipinski definition) is 1. The summed E-state index contributed by atoms with van der Waals surface area (Å²) >= 11 is 0. The fraction of sp³-hybridized carbons (Fsp3) is 0.400. The van der Waals surface area contributed by atoms with E-state index in [0.29, 0.717) is 5.56 Å². The largest absolute Gasteiger partial charge is 0.501 e. The molecule has 0 aliphatic rings. The van der Waals surface area contributed by atoms with Gasteiger partial charge in [0.1, 0.15) is 0 Å². The number of aliphatic hydroxyl groups is 1. The van der Waals surface area contributed by atoms with E-state index in [-0.39, 0.29) is 6.42 Å². The summed E-state index contributed by atoms with van der Waals surface area (Å²) < 4.78 is 59.0. The van der Waals surface area contributed by atoms with Crippen molar-refractivity contribution in [3.05, 3.63) is 29.8 Å². The Hall–Kier alpha value is -1.08. The van der Waals surface area contributed by atoms with Gasteiger partial charge >= 0.3 is 5.51 Å². The summed E-state index contributed by atoms with van der Waals surface area (Å²) in [5.41, 5.74) is -4.97. The highest BCUT2D eigenvalue weighted by Gasteiger charge is 2.46. The summed E-state index contributed by atoms with van der Waals surface area (Å²) in [5.74, 6) is 0. The van der Waals surface area contributed by atoms with Crippen molar-refractivity contribution in [2.75, 3.05) is 0 Å². The van der Waals surface area contributed by atoms with E-state index in [1.165, 1.54) is 19.1 Å². The third-order valence-electron chi connectivity index (χ3n) is 2.04. The number of halogens is 3. The summed E-state index contributed by atoms with van der Waals surface area (Å²) in [6.07, 6.45) is -0.653. The molecule has 0 spiro atoms. The monoisotopic (exact) mass is 268 g/mol. The number of alkyl halides is 3. The zero-order valence-corrected chi connectivity index (χ0v) is 9.72. The molecule has 0 heterocycles. The molecule has 0 radical (unpaired) electrons. The number of rotatable bonds is 3. The van der Waals surface area contributed by atoms with Crippen molar-refractivity contribution in [3.8, 4) is 0 Å². The molecular formula is C10H11F3O3S. The van der Waals surface area contributed by atoms with Gasteiger partial charge < -0.3 is 5.11 Å². The molecule has 1 unspecified atom stereocenters. The highest BCUT2D eigenvalue weighted by molar-refractivity contribution is 7.92. The molecule has 17 heavy (non-hydrogen) atoms. The van der Waals surface area contributed by atoms with Gasteiger partial charge in [-0.15, -0.1) is 0 Å². The molecule has 0 saturated heterocycles. The van der Waals surface area contributed by atoms with Crippen molar-refractivity contribution >= 4 is 9.84 Å². The molecule has 1 N–H and O–H groups in total. The lowest BCUT2D eigenvalue weighted by Gasteiger charge is -2.10. The summed E-state index contributed by atoms with van der Waals surface area (Å²) in [6.45, 7) is 1.46. The molecule has 0 aromatic heterocycles. The van der Waals surface area contributed by atoms with Crippen LogP contribution in [0.15, 0.2) is 29.2 Å². The number of sulfone groups is 1. The van der Waals surface area contributed by atoms with Crippen LogP contribution in [-0.2, 0) is 16.3 Å². The van der Waals surface area contributed by atoms with Crippen LogP contribution in [0.25, 0.3) is 0 Å². The molecule has 0 fully saturated rings. The Morgan fingerprint density at radius 2 is 1.94 bits per heavy atom. The van der Waals surface area contributed by atoms with Gasteiger partial charge in [-0.25, -0.2) is 8.42 Å². The third kappa shape index (κ3) is 3.19. The lowest BCUT2D eigenvalue weighted by Crippen LogP contribution is -2.23. The second-order valence-electron chi connectivity index (χ2n) is 3.65. The minimum Gasteiger partial charge on any atom is -0.393 e. The summed E-state index contributed by atoms with van der Waals surface area (Å²) in [6, 6.07) is 4.49. The van der Waals surface area contributed by atoms with E-state index in [1.807, 2.05) is 0 Å². The van der Waals surface area contributed by atoms with Crippen LogP contribution in [0.5, 0.6) is 0 Å². The number of aliphatic hydroxyl groups excluding tert-OH is 1. The van der Waals surface area contributed by atoms with Crippen molar-refractivity contribution in [3.63, 3.8) is 0 Å². The maximum absolute atomic E-state index is 12.3. The van der Waals surface area contributed by atoms with Gasteiger partial charge in [0, 0.05) is 0 Å². The van der Waals surface area contributed by atoms with Gasteiger partial charge in [-0.2, -0.15) is 13.2 Å². The SMILES string of the molecule is CC(O)Cc1cccc(S(=O)(=O)C(F)(F)F)c1. The van der Waals surface area contributed by atoms with Crippen LogP contribution in [0.3, 0.4) is 0 Å². The average Bonchev–Trinajstić information content (AvgIpc) is 2.15. The Bertz CT molecular complexity index is 492. The van der Waals surface area contributed by atoms with E-state index in [1.54, 1.807) is 0 Å². The fourth-order valence-electron chi connectivity index (χ4n) is 1.31. The molecular weight excluding hydrogens is 257 g/mol. The van der Waals surface area contributed by atoms with Crippen LogP contribution >= 0.6 is 0 Å². The van der Waals surface area contributed by atoms with Gasteiger partial charge in [-0.1, -0.05) is 12.1 Å². The molecule has 3 nitrogen and oxygen atoms in total. The van der Waals surface area contributed by atoms with Gasteiger partial charge in [-0.3, -0.25) is 0 Å². The third-order valence-corrected chi connectivity index (χ3v) is 3.53. The predicted molar refractivity (Wildman–Crippen MR) is 55.1 cm³/mol. The molecule has 0 aliphatic heterocycles. The van der Waals surface area contributed by atoms with E-state index < -0.39 is 26.3 Å². The first-order chi connectivity index (χ1) is 7.64. The molecule has 7 heteroatoms. The van der Waals surface area contributed by atoms with Crippen molar-refractivity contribution in [1.29, 1.82) is 0 Å². The van der Waals surface area contributed by atoms with Crippen molar-refractivity contribution in [2.24, 2.45) is 0 Å². The standard InChI is InChI=1S/C10H11F3O3S/c1-7(14)5-8-3-2-4-9(6-8)17(15,16)10(11,12)13/h2-4,6-7,14H,5H2,1H3. The van der Waals surface area contributed by atoms with E-state index in [2.05, 4.69) is 0 Å². The van der Waals surface area contributed by atoms with Crippen LogP contribution in [0.1, 0.15) is 12.5 Å². The average molecular weight is 268 g/mol. The summed E-state index contributed by atoms with van der Waals surface area (Å²) in [5, 5.41) is 9.09. The quantitative estimate of drug-likeness (QED) is 0.911. The highest BCUT2D eigenvalue weighted by Crippen LogP contribution is 2.30. The molecule has 0 saturated carbocycles. The Kier molecular flexibility index (Phi) is 3.83. The van der Waals surface area contributed by atoms with E-state index in [4.69, 9.17) is 5.11 Å². The number of hydrogen-bond acceptors (Lipinski definition) is 3. The smallest absolute Gasteiger partial charge is 0.393 e. The van der Waals surface area contributed by atoms with Crippen molar-refractivity contribution in [1.82, 2.24) is 0 Å². The van der Waals surface area contributed by atoms with Crippen LogP contribution in [0.4, 0.5) is 13.2 Å². The molecule has 1 aromatic carbocycles. The van der Waals surface area contributed by atoms with Gasteiger partial charge in [0.15, 0.2) is 0 Å². The second-order valence-corrected chi connectivity index (χ2v) is 5.59. The highest BCUT2D eigenvalue weighted by atomic mass is 32.2. The van der Waals surface area contributed by atoms with Gasteiger partial charge in [0.05, 0.1) is 11.0 Å². The van der Waals surface area contributed by atoms with Gasteiger partial charge in [0.2, 0.25) is 0 Å². The predicted octanol–water partition coefficient (Wildman–Crippen LogP) is 1.90. The van der Waals surface area contributed by atoms with Crippen LogP contribution in [-0.4, -0.2) is 25.1 Å². The maximum atomic E-state index is 12.3. The minimum absolute atomic E-state index is 0.0984. The zero-order chi connectivity index (χ0) is 13.3. The van der Waals surface area contributed by atoms with Crippen molar-refractivity contribution in [2.45, 2.75) is 29.9 Å².